The lowest BCUT2D eigenvalue weighted by Crippen LogP contribution is -2.28. The molecule has 0 fully saturated rings. The van der Waals surface area contributed by atoms with Gasteiger partial charge in [0.2, 0.25) is 11.7 Å². The number of nitrogens with one attached hydrogen (secondary N) is 1. The second-order valence-corrected chi connectivity index (χ2v) is 8.21. The van der Waals surface area contributed by atoms with Crippen molar-refractivity contribution in [3.05, 3.63) is 65.2 Å². The Morgan fingerprint density at radius 1 is 1.20 bits per heavy atom. The highest BCUT2D eigenvalue weighted by atomic mass is 35.5. The molecule has 0 spiro atoms. The van der Waals surface area contributed by atoms with Crippen LogP contribution in [0.2, 0.25) is 5.02 Å². The van der Waals surface area contributed by atoms with Gasteiger partial charge in [0, 0.05) is 17.0 Å². The van der Waals surface area contributed by atoms with Crippen molar-refractivity contribution in [3.63, 3.8) is 0 Å². The number of thioether (sulfide) groups is 1. The van der Waals surface area contributed by atoms with Gasteiger partial charge in [-0.2, -0.15) is 0 Å². The Morgan fingerprint density at radius 2 is 2.00 bits per heavy atom. The summed E-state index contributed by atoms with van der Waals surface area (Å²) >= 11 is 7.42. The smallest absolute Gasteiger partial charge is 0.230 e. The second-order valence-electron chi connectivity index (χ2n) is 6.83. The molecule has 2 aromatic carbocycles. The summed E-state index contributed by atoms with van der Waals surface area (Å²) in [6, 6.07) is 17.2. The molecule has 8 heteroatoms. The van der Waals surface area contributed by atoms with Crippen LogP contribution >= 0.6 is 23.4 Å². The Morgan fingerprint density at radius 3 is 2.77 bits per heavy atom. The molecule has 6 nitrogen and oxygen atoms in total. The van der Waals surface area contributed by atoms with Gasteiger partial charge in [-0.15, -0.1) is 10.2 Å². The van der Waals surface area contributed by atoms with Gasteiger partial charge in [-0.3, -0.25) is 9.36 Å². The van der Waals surface area contributed by atoms with E-state index in [1.807, 2.05) is 66.9 Å². The normalized spacial score (nSPS) is 12.2. The first kappa shape index (κ1) is 20.5. The zero-order valence-corrected chi connectivity index (χ0v) is 18.2. The standard InChI is InChI=1S/C22H21ClN4O2S/c1-3-27-21(19-12-16-11-17(23)9-10-18(16)29-19)25-26-22(27)30-13-20(28)24-14(2)15-7-5-4-6-8-15/h4-12,14H,3,13H2,1-2H3,(H,24,28)/t14-/m1/s1. The summed E-state index contributed by atoms with van der Waals surface area (Å²) < 4.78 is 7.86. The molecule has 1 amide bonds. The van der Waals surface area contributed by atoms with E-state index < -0.39 is 0 Å². The number of aromatic nitrogens is 3. The van der Waals surface area contributed by atoms with Crippen molar-refractivity contribution in [2.75, 3.05) is 5.75 Å². The van der Waals surface area contributed by atoms with E-state index in [2.05, 4.69) is 15.5 Å². The van der Waals surface area contributed by atoms with E-state index in [0.717, 1.165) is 16.5 Å². The Kier molecular flexibility index (Phi) is 6.11. The Bertz CT molecular complexity index is 1170. The summed E-state index contributed by atoms with van der Waals surface area (Å²) in [4.78, 5) is 12.4. The van der Waals surface area contributed by atoms with Crippen molar-refractivity contribution in [1.29, 1.82) is 0 Å². The molecule has 0 radical (unpaired) electrons. The summed E-state index contributed by atoms with van der Waals surface area (Å²) in [5.74, 6) is 1.45. The minimum absolute atomic E-state index is 0.0538. The number of amides is 1. The molecule has 30 heavy (non-hydrogen) atoms. The van der Waals surface area contributed by atoms with Gasteiger partial charge in [0.25, 0.3) is 0 Å². The number of hydrogen-bond acceptors (Lipinski definition) is 5. The minimum atomic E-state index is -0.0544. The van der Waals surface area contributed by atoms with Crippen molar-refractivity contribution >= 4 is 40.2 Å². The van der Waals surface area contributed by atoms with Gasteiger partial charge in [-0.1, -0.05) is 53.7 Å². The fourth-order valence-electron chi connectivity index (χ4n) is 3.23. The summed E-state index contributed by atoms with van der Waals surface area (Å²) in [5.41, 5.74) is 1.81. The lowest BCUT2D eigenvalue weighted by Gasteiger charge is -2.14. The summed E-state index contributed by atoms with van der Waals surface area (Å²) in [7, 11) is 0. The van der Waals surface area contributed by atoms with Crippen LogP contribution in [0.4, 0.5) is 0 Å². The second kappa shape index (κ2) is 8.93. The molecule has 1 atom stereocenters. The fourth-order valence-corrected chi connectivity index (χ4v) is 4.22. The highest BCUT2D eigenvalue weighted by Gasteiger charge is 2.18. The quantitative estimate of drug-likeness (QED) is 0.393. The molecule has 0 saturated carbocycles. The molecule has 4 aromatic rings. The van der Waals surface area contributed by atoms with Crippen LogP contribution in [0.1, 0.15) is 25.5 Å². The Hall–Kier alpha value is -2.77. The largest absolute Gasteiger partial charge is 0.453 e. The van der Waals surface area contributed by atoms with E-state index in [-0.39, 0.29) is 17.7 Å². The molecule has 0 bridgehead atoms. The maximum Gasteiger partial charge on any atom is 0.230 e. The van der Waals surface area contributed by atoms with Gasteiger partial charge in [-0.05, 0) is 43.7 Å². The molecule has 2 heterocycles. The lowest BCUT2D eigenvalue weighted by atomic mass is 10.1. The monoisotopic (exact) mass is 440 g/mol. The van der Waals surface area contributed by atoms with Crippen LogP contribution in [0.25, 0.3) is 22.6 Å². The zero-order chi connectivity index (χ0) is 21.1. The summed E-state index contributed by atoms with van der Waals surface area (Å²) in [6.45, 7) is 4.64. The molecular formula is C22H21ClN4O2S. The first-order valence-electron chi connectivity index (χ1n) is 9.65. The minimum Gasteiger partial charge on any atom is -0.453 e. The van der Waals surface area contributed by atoms with E-state index in [4.69, 9.17) is 16.0 Å². The van der Waals surface area contributed by atoms with Gasteiger partial charge in [0.1, 0.15) is 5.58 Å². The van der Waals surface area contributed by atoms with Crippen molar-refractivity contribution in [1.82, 2.24) is 20.1 Å². The highest BCUT2D eigenvalue weighted by molar-refractivity contribution is 7.99. The predicted molar refractivity (Wildman–Crippen MR) is 120 cm³/mol. The maximum atomic E-state index is 12.4. The highest BCUT2D eigenvalue weighted by Crippen LogP contribution is 2.30. The van der Waals surface area contributed by atoms with E-state index in [0.29, 0.717) is 28.3 Å². The van der Waals surface area contributed by atoms with Gasteiger partial charge >= 0.3 is 0 Å². The van der Waals surface area contributed by atoms with Crippen LogP contribution in [0.3, 0.4) is 0 Å². The van der Waals surface area contributed by atoms with Gasteiger partial charge in [0.05, 0.1) is 11.8 Å². The molecule has 0 aliphatic rings. The molecule has 1 N–H and O–H groups in total. The number of hydrogen-bond donors (Lipinski definition) is 1. The topological polar surface area (TPSA) is 73.0 Å². The van der Waals surface area contributed by atoms with E-state index >= 15 is 0 Å². The Labute approximate surface area is 183 Å². The van der Waals surface area contributed by atoms with E-state index in [9.17, 15) is 4.79 Å². The molecule has 154 valence electrons. The van der Waals surface area contributed by atoms with Crippen molar-refractivity contribution in [2.24, 2.45) is 0 Å². The van der Waals surface area contributed by atoms with Crippen molar-refractivity contribution in [3.8, 4) is 11.6 Å². The average molecular weight is 441 g/mol. The summed E-state index contributed by atoms with van der Waals surface area (Å²) in [5, 5.41) is 13.8. The third kappa shape index (κ3) is 4.37. The maximum absolute atomic E-state index is 12.4. The van der Waals surface area contributed by atoms with Crippen molar-refractivity contribution < 1.29 is 9.21 Å². The first-order chi connectivity index (χ1) is 14.5. The third-order valence-electron chi connectivity index (χ3n) is 4.74. The summed E-state index contributed by atoms with van der Waals surface area (Å²) in [6.07, 6.45) is 0. The van der Waals surface area contributed by atoms with Crippen LogP contribution in [-0.2, 0) is 11.3 Å². The first-order valence-corrected chi connectivity index (χ1v) is 11.0. The zero-order valence-electron chi connectivity index (χ0n) is 16.6. The van der Waals surface area contributed by atoms with Crippen LogP contribution in [0, 0.1) is 0 Å². The van der Waals surface area contributed by atoms with Crippen LogP contribution in [0.5, 0.6) is 0 Å². The molecule has 4 rings (SSSR count). The predicted octanol–water partition coefficient (Wildman–Crippen LogP) is 5.33. The number of carbonyl (C=O) groups is 1. The van der Waals surface area contributed by atoms with Gasteiger partial charge in [-0.25, -0.2) is 0 Å². The fraction of sp³-hybridized carbons (Fsp3) is 0.227. The Balaban J connectivity index is 1.46. The number of fused-ring (bicyclic) bond motifs is 1. The number of furan rings is 1. The molecule has 2 aromatic heterocycles. The molecule has 0 saturated heterocycles. The number of halogens is 1. The third-order valence-corrected chi connectivity index (χ3v) is 5.94. The average Bonchev–Trinajstić information content (AvgIpc) is 3.35. The number of nitrogens with zero attached hydrogens (tertiary/aromatic N) is 3. The van der Waals surface area contributed by atoms with Gasteiger partial charge < -0.3 is 9.73 Å². The number of rotatable bonds is 7. The SMILES string of the molecule is CCn1c(SCC(=O)N[C@H](C)c2ccccc2)nnc1-c1cc2cc(Cl)ccc2o1. The van der Waals surface area contributed by atoms with Crippen LogP contribution in [-0.4, -0.2) is 26.4 Å². The van der Waals surface area contributed by atoms with E-state index in [1.165, 1.54) is 11.8 Å². The molecule has 0 unspecified atom stereocenters. The lowest BCUT2D eigenvalue weighted by molar-refractivity contribution is -0.119. The number of carbonyl (C=O) groups excluding carboxylic acids is 1. The molecular weight excluding hydrogens is 420 g/mol. The molecule has 0 aliphatic carbocycles. The van der Waals surface area contributed by atoms with Crippen LogP contribution < -0.4 is 5.32 Å². The van der Waals surface area contributed by atoms with Crippen molar-refractivity contribution in [2.45, 2.75) is 31.6 Å². The van der Waals surface area contributed by atoms with E-state index in [1.54, 1.807) is 6.07 Å². The van der Waals surface area contributed by atoms with Crippen LogP contribution in [0.15, 0.2) is 64.2 Å². The van der Waals surface area contributed by atoms with Gasteiger partial charge in [0.15, 0.2) is 10.9 Å². The molecule has 0 aliphatic heterocycles. The number of benzene rings is 2.